The van der Waals surface area contributed by atoms with Crippen LogP contribution in [0.5, 0.6) is 0 Å². The predicted molar refractivity (Wildman–Crippen MR) is 96.4 cm³/mol. The molecule has 1 aliphatic rings. The van der Waals surface area contributed by atoms with Crippen LogP contribution in [-0.2, 0) is 11.2 Å². The van der Waals surface area contributed by atoms with Gasteiger partial charge in [0.05, 0.1) is 4.91 Å². The Morgan fingerprint density at radius 3 is 2.65 bits per heavy atom. The van der Waals surface area contributed by atoms with Crippen molar-refractivity contribution in [3.8, 4) is 0 Å². The fraction of sp³-hybridized carbons (Fsp3) is 0.111. The number of thioether (sulfide) groups is 1. The monoisotopic (exact) mass is 343 g/mol. The lowest BCUT2D eigenvalue weighted by Gasteiger charge is -2.14. The topological polar surface area (TPSA) is 20.3 Å². The summed E-state index contributed by atoms with van der Waals surface area (Å²) in [5, 5.41) is 0. The van der Waals surface area contributed by atoms with Gasteiger partial charge in [-0.15, -0.1) is 0 Å². The van der Waals surface area contributed by atoms with E-state index in [0.29, 0.717) is 21.3 Å². The smallest absolute Gasteiger partial charge is 0.266 e. The van der Waals surface area contributed by atoms with Crippen molar-refractivity contribution in [1.29, 1.82) is 0 Å². The maximum Gasteiger partial charge on any atom is 0.266 e. The molecule has 0 aliphatic carbocycles. The largest absolute Gasteiger partial charge is 0.293 e. The van der Waals surface area contributed by atoms with Gasteiger partial charge in [0.1, 0.15) is 10.1 Å². The first-order valence-corrected chi connectivity index (χ1v) is 8.41. The average Bonchev–Trinajstić information content (AvgIpc) is 2.80. The predicted octanol–water partition coefficient (Wildman–Crippen LogP) is 4.27. The van der Waals surface area contributed by atoms with E-state index in [-0.39, 0.29) is 11.7 Å². The number of hydrogen-bond acceptors (Lipinski definition) is 3. The van der Waals surface area contributed by atoms with Gasteiger partial charge in [0.2, 0.25) is 0 Å². The molecule has 1 aliphatic heterocycles. The standard InChI is InChI=1S/C18H14FNOS2/c19-15-8-4-7-14(11-15)12-16-17(21)20(18(22)23-16)10-9-13-5-2-1-3-6-13/h1-8,11-12H,9-10H2/b16-12+. The zero-order valence-electron chi connectivity index (χ0n) is 12.2. The molecule has 3 rings (SSSR count). The Bertz CT molecular complexity index is 774. The van der Waals surface area contributed by atoms with E-state index in [1.165, 1.54) is 23.9 Å². The molecule has 1 heterocycles. The second-order valence-corrected chi connectivity index (χ2v) is 6.80. The van der Waals surface area contributed by atoms with Crippen LogP contribution in [0.1, 0.15) is 11.1 Å². The van der Waals surface area contributed by atoms with Crippen LogP contribution in [0.25, 0.3) is 6.08 Å². The Morgan fingerprint density at radius 2 is 1.91 bits per heavy atom. The maximum atomic E-state index is 13.2. The highest BCUT2D eigenvalue weighted by Gasteiger charge is 2.31. The molecule has 0 aromatic heterocycles. The summed E-state index contributed by atoms with van der Waals surface area (Å²) < 4.78 is 13.8. The SMILES string of the molecule is O=C1/C(=C\c2cccc(F)c2)SC(=S)N1CCc1ccccc1. The Balaban J connectivity index is 1.72. The van der Waals surface area contributed by atoms with E-state index in [2.05, 4.69) is 0 Å². The van der Waals surface area contributed by atoms with Crippen LogP contribution in [0.15, 0.2) is 59.5 Å². The van der Waals surface area contributed by atoms with E-state index in [9.17, 15) is 9.18 Å². The van der Waals surface area contributed by atoms with Crippen LogP contribution in [0, 0.1) is 5.82 Å². The van der Waals surface area contributed by atoms with Gasteiger partial charge in [0.25, 0.3) is 5.91 Å². The van der Waals surface area contributed by atoms with E-state index in [1.54, 1.807) is 23.1 Å². The Kier molecular flexibility index (Phi) is 4.88. The number of amides is 1. The zero-order valence-corrected chi connectivity index (χ0v) is 13.9. The van der Waals surface area contributed by atoms with Crippen LogP contribution in [-0.4, -0.2) is 21.7 Å². The molecular formula is C18H14FNOS2. The van der Waals surface area contributed by atoms with E-state index >= 15 is 0 Å². The van der Waals surface area contributed by atoms with Crippen LogP contribution in [0.3, 0.4) is 0 Å². The second kappa shape index (κ2) is 7.06. The van der Waals surface area contributed by atoms with Crippen LogP contribution in [0.4, 0.5) is 4.39 Å². The molecule has 1 amide bonds. The van der Waals surface area contributed by atoms with Gasteiger partial charge < -0.3 is 0 Å². The van der Waals surface area contributed by atoms with Crippen LogP contribution in [0.2, 0.25) is 0 Å². The van der Waals surface area contributed by atoms with Gasteiger partial charge in [-0.3, -0.25) is 9.69 Å². The summed E-state index contributed by atoms with van der Waals surface area (Å²) in [4.78, 5) is 14.6. The summed E-state index contributed by atoms with van der Waals surface area (Å²) in [6.07, 6.45) is 2.44. The van der Waals surface area contributed by atoms with Crippen molar-refractivity contribution >= 4 is 40.3 Å². The van der Waals surface area contributed by atoms with E-state index in [0.717, 1.165) is 12.0 Å². The number of carbonyl (C=O) groups is 1. The summed E-state index contributed by atoms with van der Waals surface area (Å²) in [6.45, 7) is 0.551. The zero-order chi connectivity index (χ0) is 16.2. The van der Waals surface area contributed by atoms with Crippen molar-refractivity contribution in [2.24, 2.45) is 0 Å². The van der Waals surface area contributed by atoms with Gasteiger partial charge in [-0.25, -0.2) is 4.39 Å². The van der Waals surface area contributed by atoms with E-state index in [4.69, 9.17) is 12.2 Å². The van der Waals surface area contributed by atoms with Crippen LogP contribution >= 0.6 is 24.0 Å². The van der Waals surface area contributed by atoms with E-state index in [1.807, 2.05) is 30.3 Å². The molecule has 23 heavy (non-hydrogen) atoms. The van der Waals surface area contributed by atoms with E-state index < -0.39 is 0 Å². The van der Waals surface area contributed by atoms with Gasteiger partial charge in [-0.05, 0) is 35.8 Å². The quantitative estimate of drug-likeness (QED) is 0.611. The number of carbonyl (C=O) groups excluding carboxylic acids is 1. The first-order valence-electron chi connectivity index (χ1n) is 7.18. The molecule has 0 unspecified atom stereocenters. The number of benzene rings is 2. The van der Waals surface area contributed by atoms with Gasteiger partial charge in [0.15, 0.2) is 0 Å². The summed E-state index contributed by atoms with van der Waals surface area (Å²) in [5.74, 6) is -0.432. The molecule has 0 spiro atoms. The lowest BCUT2D eigenvalue weighted by molar-refractivity contribution is -0.122. The molecule has 5 heteroatoms. The summed E-state index contributed by atoms with van der Waals surface area (Å²) in [7, 11) is 0. The third-order valence-electron chi connectivity index (χ3n) is 3.49. The van der Waals surface area contributed by atoms with Crippen LogP contribution < -0.4 is 0 Å². The number of rotatable bonds is 4. The second-order valence-electron chi connectivity index (χ2n) is 5.12. The number of hydrogen-bond donors (Lipinski definition) is 0. The third-order valence-corrected chi connectivity index (χ3v) is 4.86. The highest BCUT2D eigenvalue weighted by molar-refractivity contribution is 8.26. The number of nitrogens with zero attached hydrogens (tertiary/aromatic N) is 1. The molecule has 1 fully saturated rings. The van der Waals surface area contributed by atoms with Crippen molar-refractivity contribution in [3.63, 3.8) is 0 Å². The molecule has 2 nitrogen and oxygen atoms in total. The summed E-state index contributed by atoms with van der Waals surface area (Å²) >= 11 is 6.57. The minimum Gasteiger partial charge on any atom is -0.293 e. The average molecular weight is 343 g/mol. The minimum absolute atomic E-state index is 0.111. The number of thiocarbonyl (C=S) groups is 1. The molecule has 0 N–H and O–H groups in total. The number of halogens is 1. The summed E-state index contributed by atoms with van der Waals surface area (Å²) in [5.41, 5.74) is 1.82. The fourth-order valence-corrected chi connectivity index (χ4v) is 3.63. The molecule has 2 aromatic rings. The lowest BCUT2D eigenvalue weighted by Crippen LogP contribution is -2.30. The van der Waals surface area contributed by atoms with Crippen molar-refractivity contribution in [3.05, 3.63) is 76.4 Å². The molecular weight excluding hydrogens is 329 g/mol. The Labute approximate surface area is 144 Å². The van der Waals surface area contributed by atoms with Crippen molar-refractivity contribution in [1.82, 2.24) is 4.90 Å². The van der Waals surface area contributed by atoms with Crippen molar-refractivity contribution < 1.29 is 9.18 Å². The minimum atomic E-state index is -0.321. The highest BCUT2D eigenvalue weighted by atomic mass is 32.2. The molecule has 116 valence electrons. The van der Waals surface area contributed by atoms with Crippen molar-refractivity contribution in [2.45, 2.75) is 6.42 Å². The van der Waals surface area contributed by atoms with Crippen molar-refractivity contribution in [2.75, 3.05) is 6.54 Å². The molecule has 0 saturated carbocycles. The molecule has 2 aromatic carbocycles. The first-order chi connectivity index (χ1) is 11.1. The van der Waals surface area contributed by atoms with Gasteiger partial charge in [-0.2, -0.15) is 0 Å². The lowest BCUT2D eigenvalue weighted by atomic mass is 10.1. The fourth-order valence-electron chi connectivity index (χ4n) is 2.33. The van der Waals surface area contributed by atoms with Gasteiger partial charge in [0, 0.05) is 6.54 Å². The van der Waals surface area contributed by atoms with Gasteiger partial charge in [-0.1, -0.05) is 66.4 Å². The van der Waals surface area contributed by atoms with Gasteiger partial charge >= 0.3 is 0 Å². The highest BCUT2D eigenvalue weighted by Crippen LogP contribution is 2.32. The molecule has 0 bridgehead atoms. The molecule has 0 radical (unpaired) electrons. The molecule has 0 atom stereocenters. The third kappa shape index (κ3) is 3.86. The Morgan fingerprint density at radius 1 is 1.13 bits per heavy atom. The maximum absolute atomic E-state index is 13.2. The molecule has 1 saturated heterocycles. The Hall–Kier alpha value is -1.98. The normalized spacial score (nSPS) is 16.4. The summed E-state index contributed by atoms with van der Waals surface area (Å²) in [6, 6.07) is 16.1. The first kappa shape index (κ1) is 15.9.